The van der Waals surface area contributed by atoms with Crippen LogP contribution in [-0.4, -0.2) is 27.7 Å². The SMILES string of the molecule is CC1=C2[C@](C)(CC1=O)[C@@H](O)[C@H]1CC(C)(C)C[C@@]21O. The average molecular weight is 250 g/mol. The van der Waals surface area contributed by atoms with Gasteiger partial charge < -0.3 is 10.2 Å². The Kier molecular flexibility index (Phi) is 2.11. The van der Waals surface area contributed by atoms with Crippen LogP contribution in [0.5, 0.6) is 0 Å². The fraction of sp³-hybridized carbons (Fsp3) is 0.800. The Morgan fingerprint density at radius 3 is 2.50 bits per heavy atom. The first-order chi connectivity index (χ1) is 8.12. The fourth-order valence-electron chi connectivity index (χ4n) is 4.98. The summed E-state index contributed by atoms with van der Waals surface area (Å²) in [6, 6.07) is 0. The van der Waals surface area contributed by atoms with E-state index in [1.807, 2.05) is 6.92 Å². The van der Waals surface area contributed by atoms with Crippen molar-refractivity contribution >= 4 is 5.78 Å². The van der Waals surface area contributed by atoms with E-state index in [0.29, 0.717) is 18.4 Å². The Hall–Kier alpha value is -0.670. The van der Waals surface area contributed by atoms with Gasteiger partial charge in [0, 0.05) is 17.8 Å². The normalized spacial score (nSPS) is 49.8. The number of hydrogen-bond donors (Lipinski definition) is 2. The number of rotatable bonds is 0. The standard InChI is InChI=1S/C15H22O3/c1-8-10(16)6-14(4)11(8)15(18)7-13(2,3)5-9(15)12(14)17/h9,12,17-18H,5-7H2,1-4H3/t9-,12+,14+,15+/m1/s1. The lowest BCUT2D eigenvalue weighted by atomic mass is 9.76. The Labute approximate surface area is 108 Å². The maximum Gasteiger partial charge on any atom is 0.159 e. The molecule has 3 rings (SSSR count). The molecule has 0 heterocycles. The van der Waals surface area contributed by atoms with Gasteiger partial charge in [-0.1, -0.05) is 20.8 Å². The van der Waals surface area contributed by atoms with Crippen molar-refractivity contribution in [1.29, 1.82) is 0 Å². The molecule has 3 nitrogen and oxygen atoms in total. The fourth-order valence-corrected chi connectivity index (χ4v) is 4.98. The molecule has 0 aromatic heterocycles. The van der Waals surface area contributed by atoms with Crippen molar-refractivity contribution in [3.05, 3.63) is 11.1 Å². The highest BCUT2D eigenvalue weighted by molar-refractivity contribution is 6.00. The van der Waals surface area contributed by atoms with Crippen LogP contribution < -0.4 is 0 Å². The van der Waals surface area contributed by atoms with E-state index in [-0.39, 0.29) is 17.1 Å². The number of carbonyl (C=O) groups is 1. The molecule has 0 aliphatic heterocycles. The van der Waals surface area contributed by atoms with Crippen LogP contribution in [0.4, 0.5) is 0 Å². The van der Waals surface area contributed by atoms with E-state index in [1.54, 1.807) is 6.92 Å². The van der Waals surface area contributed by atoms with Gasteiger partial charge in [0.1, 0.15) is 0 Å². The van der Waals surface area contributed by atoms with Gasteiger partial charge in [0.2, 0.25) is 0 Å². The third-order valence-corrected chi connectivity index (χ3v) is 5.49. The molecule has 0 amide bonds. The van der Waals surface area contributed by atoms with Crippen LogP contribution in [0.25, 0.3) is 0 Å². The first kappa shape index (κ1) is 12.4. The van der Waals surface area contributed by atoms with Gasteiger partial charge in [-0.05, 0) is 36.3 Å². The van der Waals surface area contributed by atoms with Gasteiger partial charge in [0.15, 0.2) is 5.78 Å². The molecule has 3 aliphatic rings. The summed E-state index contributed by atoms with van der Waals surface area (Å²) < 4.78 is 0. The zero-order valence-electron chi connectivity index (χ0n) is 11.6. The van der Waals surface area contributed by atoms with Gasteiger partial charge >= 0.3 is 0 Å². The minimum atomic E-state index is -0.964. The van der Waals surface area contributed by atoms with Gasteiger partial charge in [-0.25, -0.2) is 0 Å². The summed E-state index contributed by atoms with van der Waals surface area (Å²) in [4.78, 5) is 12.0. The van der Waals surface area contributed by atoms with E-state index in [4.69, 9.17) is 0 Å². The average Bonchev–Trinajstić information content (AvgIpc) is 2.64. The molecule has 0 aromatic carbocycles. The molecule has 0 aromatic rings. The predicted molar refractivity (Wildman–Crippen MR) is 67.9 cm³/mol. The second kappa shape index (κ2) is 3.07. The molecule has 2 fully saturated rings. The van der Waals surface area contributed by atoms with Gasteiger partial charge in [0.05, 0.1) is 11.7 Å². The van der Waals surface area contributed by atoms with Crippen LogP contribution in [0, 0.1) is 16.7 Å². The number of allylic oxidation sites excluding steroid dienone is 1. The molecule has 0 bridgehead atoms. The number of aliphatic hydroxyl groups excluding tert-OH is 1. The first-order valence-corrected chi connectivity index (χ1v) is 6.77. The number of ketones is 1. The van der Waals surface area contributed by atoms with Gasteiger partial charge in [-0.3, -0.25) is 4.79 Å². The zero-order chi connectivity index (χ0) is 13.5. The lowest BCUT2D eigenvalue weighted by Gasteiger charge is -2.31. The molecule has 4 atom stereocenters. The van der Waals surface area contributed by atoms with Crippen LogP contribution in [0.1, 0.15) is 47.0 Å². The van der Waals surface area contributed by atoms with E-state index in [0.717, 1.165) is 12.0 Å². The third-order valence-electron chi connectivity index (χ3n) is 5.49. The lowest BCUT2D eigenvalue weighted by Crippen LogP contribution is -2.34. The summed E-state index contributed by atoms with van der Waals surface area (Å²) in [5, 5.41) is 21.7. The van der Waals surface area contributed by atoms with Crippen molar-refractivity contribution in [1.82, 2.24) is 0 Å². The molecule has 0 unspecified atom stereocenters. The number of hydrogen-bond acceptors (Lipinski definition) is 3. The van der Waals surface area contributed by atoms with Crippen LogP contribution in [0.15, 0.2) is 11.1 Å². The van der Waals surface area contributed by atoms with Gasteiger partial charge in [-0.15, -0.1) is 0 Å². The highest BCUT2D eigenvalue weighted by atomic mass is 16.3. The minimum Gasteiger partial charge on any atom is -0.392 e. The first-order valence-electron chi connectivity index (χ1n) is 6.77. The van der Waals surface area contributed by atoms with Crippen molar-refractivity contribution in [2.45, 2.75) is 58.7 Å². The second-order valence-corrected chi connectivity index (χ2v) is 7.54. The van der Waals surface area contributed by atoms with E-state index < -0.39 is 17.1 Å². The van der Waals surface area contributed by atoms with Crippen molar-refractivity contribution in [2.75, 3.05) is 0 Å². The van der Waals surface area contributed by atoms with Gasteiger partial charge in [0.25, 0.3) is 0 Å². The summed E-state index contributed by atoms with van der Waals surface area (Å²) in [5.74, 6) is -0.0290. The smallest absolute Gasteiger partial charge is 0.159 e. The molecule has 0 saturated heterocycles. The largest absolute Gasteiger partial charge is 0.392 e. The van der Waals surface area contributed by atoms with Crippen LogP contribution in [-0.2, 0) is 4.79 Å². The molecule has 2 saturated carbocycles. The highest BCUT2D eigenvalue weighted by Gasteiger charge is 2.69. The molecule has 0 radical (unpaired) electrons. The molecule has 18 heavy (non-hydrogen) atoms. The Bertz CT molecular complexity index is 476. The van der Waals surface area contributed by atoms with Crippen LogP contribution >= 0.6 is 0 Å². The minimum absolute atomic E-state index is 0.0284. The van der Waals surface area contributed by atoms with Crippen molar-refractivity contribution in [2.24, 2.45) is 16.7 Å². The van der Waals surface area contributed by atoms with Crippen molar-refractivity contribution in [3.8, 4) is 0 Å². The van der Waals surface area contributed by atoms with E-state index in [1.165, 1.54) is 0 Å². The molecular weight excluding hydrogens is 228 g/mol. The Morgan fingerprint density at radius 1 is 1.28 bits per heavy atom. The quantitative estimate of drug-likeness (QED) is 0.689. The molecule has 2 N–H and O–H groups in total. The summed E-state index contributed by atoms with van der Waals surface area (Å²) in [7, 11) is 0. The van der Waals surface area contributed by atoms with Crippen molar-refractivity contribution < 1.29 is 15.0 Å². The number of carbonyl (C=O) groups excluding carboxylic acids is 1. The topological polar surface area (TPSA) is 57.5 Å². The summed E-state index contributed by atoms with van der Waals surface area (Å²) >= 11 is 0. The van der Waals surface area contributed by atoms with E-state index in [9.17, 15) is 15.0 Å². The number of fused-ring (bicyclic) bond motifs is 3. The maximum absolute atomic E-state index is 12.0. The highest BCUT2D eigenvalue weighted by Crippen LogP contribution is 2.66. The van der Waals surface area contributed by atoms with Gasteiger partial charge in [-0.2, -0.15) is 0 Å². The van der Waals surface area contributed by atoms with E-state index in [2.05, 4.69) is 13.8 Å². The monoisotopic (exact) mass is 250 g/mol. The molecule has 0 spiro atoms. The predicted octanol–water partition coefficient (Wildman–Crippen LogP) is 1.82. The third kappa shape index (κ3) is 1.19. The summed E-state index contributed by atoms with van der Waals surface area (Å²) in [6.45, 7) is 7.99. The maximum atomic E-state index is 12.0. The Morgan fingerprint density at radius 2 is 1.89 bits per heavy atom. The second-order valence-electron chi connectivity index (χ2n) is 7.54. The number of aliphatic hydroxyl groups is 2. The Balaban J connectivity index is 2.19. The van der Waals surface area contributed by atoms with Crippen LogP contribution in [0.2, 0.25) is 0 Å². The van der Waals surface area contributed by atoms with Crippen LogP contribution in [0.3, 0.4) is 0 Å². The van der Waals surface area contributed by atoms with E-state index >= 15 is 0 Å². The molecule has 3 aliphatic carbocycles. The molecule has 100 valence electrons. The molecule has 3 heteroatoms. The van der Waals surface area contributed by atoms with Crippen molar-refractivity contribution in [3.63, 3.8) is 0 Å². The number of Topliss-reactive ketones (excluding diaryl/α,β-unsaturated/α-hetero) is 1. The summed E-state index contributed by atoms with van der Waals surface area (Å²) in [6.07, 6.45) is 1.23. The summed E-state index contributed by atoms with van der Waals surface area (Å²) in [5.41, 5.74) is 0.0633. The zero-order valence-corrected chi connectivity index (χ0v) is 11.6. The lowest BCUT2D eigenvalue weighted by molar-refractivity contribution is -0.117. The molecular formula is C15H22O3.